The summed E-state index contributed by atoms with van der Waals surface area (Å²) in [4.78, 5) is 12.3. The zero-order valence-corrected chi connectivity index (χ0v) is 27.5. The van der Waals surface area contributed by atoms with Crippen LogP contribution in [0, 0.1) is 23.2 Å². The van der Waals surface area contributed by atoms with Crippen molar-refractivity contribution in [2.75, 3.05) is 0 Å². The van der Waals surface area contributed by atoms with Gasteiger partial charge in [-0.3, -0.25) is 4.79 Å². The minimum Gasteiger partial charge on any atom is -0.460 e. The van der Waals surface area contributed by atoms with Crippen LogP contribution in [0.25, 0.3) is 0 Å². The highest BCUT2D eigenvalue weighted by Crippen LogP contribution is 2.66. The fourth-order valence-electron chi connectivity index (χ4n) is 7.57. The average molecular weight is 536 g/mol. The largest absolute Gasteiger partial charge is 0.475 e. The van der Waals surface area contributed by atoms with E-state index in [9.17, 15) is 4.79 Å². The number of hydrogen-bond donors (Lipinski definition) is 0. The first-order valence-corrected chi connectivity index (χ1v) is 21.1. The summed E-state index contributed by atoms with van der Waals surface area (Å²) >= 11 is 0. The standard InChI is InChI=1S/C28H54BNO4Si2/c1-20(17-25(31)32-26(2,3)4)15-14-16-24(30(35(8,9)10)36(11,12)13)29-33-23-19-21-18-22(27(21,5)6)28(23,7)34-29/h14-15,20-24H,16-19H2,1-13H3/b15-14-/t20-,21+,22+,23?,24+,28+/m1/s1. The predicted octanol–water partition coefficient (Wildman–Crippen LogP) is 6.91. The Morgan fingerprint density at radius 2 is 1.69 bits per heavy atom. The summed E-state index contributed by atoms with van der Waals surface area (Å²) in [6, 6.07) is 0. The number of carbonyl (C=O) groups is 1. The molecule has 0 aromatic heterocycles. The maximum Gasteiger partial charge on any atom is 0.475 e. The van der Waals surface area contributed by atoms with Gasteiger partial charge in [0.2, 0.25) is 0 Å². The molecule has 1 saturated heterocycles. The monoisotopic (exact) mass is 535 g/mol. The number of hydrogen-bond acceptors (Lipinski definition) is 5. The van der Waals surface area contributed by atoms with Gasteiger partial charge >= 0.3 is 13.1 Å². The maximum atomic E-state index is 12.3. The van der Waals surface area contributed by atoms with E-state index in [-0.39, 0.29) is 36.7 Å². The van der Waals surface area contributed by atoms with Crippen LogP contribution in [0.1, 0.15) is 74.1 Å². The molecule has 2 bridgehead atoms. The van der Waals surface area contributed by atoms with E-state index in [1.807, 2.05) is 20.8 Å². The van der Waals surface area contributed by atoms with E-state index in [4.69, 9.17) is 14.0 Å². The molecular weight excluding hydrogens is 481 g/mol. The van der Waals surface area contributed by atoms with Crippen molar-refractivity contribution in [2.45, 2.75) is 137 Å². The number of carbonyl (C=O) groups excluding carboxylic acids is 1. The Balaban J connectivity index is 1.80. The van der Waals surface area contributed by atoms with Gasteiger partial charge in [-0.2, -0.15) is 0 Å². The topological polar surface area (TPSA) is 48.0 Å². The fourth-order valence-corrected chi connectivity index (χ4v) is 18.1. The molecule has 36 heavy (non-hydrogen) atoms. The second kappa shape index (κ2) is 9.96. The minimum absolute atomic E-state index is 0.131. The smallest absolute Gasteiger partial charge is 0.460 e. The lowest BCUT2D eigenvalue weighted by atomic mass is 9.43. The SMILES string of the molecule is C[C@H](/C=C\C[C@@H](B1OC2C[C@@H]3C[C@@H](C3(C)C)[C@]2(C)O1)N([Si](C)(C)C)[Si](C)(C)C)CC(=O)OC(C)(C)C. The predicted molar refractivity (Wildman–Crippen MR) is 156 cm³/mol. The maximum absolute atomic E-state index is 12.3. The van der Waals surface area contributed by atoms with Gasteiger partial charge in [0.05, 0.1) is 18.1 Å². The Bertz CT molecular complexity index is 830. The number of esters is 1. The summed E-state index contributed by atoms with van der Waals surface area (Å²) in [6.45, 7) is 29.8. The second-order valence-electron chi connectivity index (χ2n) is 15.5. The Kier molecular flexibility index (Phi) is 8.34. The Morgan fingerprint density at radius 1 is 1.11 bits per heavy atom. The average Bonchev–Trinajstić information content (AvgIpc) is 3.00. The van der Waals surface area contributed by atoms with Crippen molar-refractivity contribution in [2.24, 2.45) is 23.2 Å². The first kappa shape index (κ1) is 30.1. The molecule has 3 saturated carbocycles. The molecule has 4 rings (SSSR count). The molecule has 4 aliphatic rings. The van der Waals surface area contributed by atoms with Gasteiger partial charge in [0, 0.05) is 5.94 Å². The molecule has 3 aliphatic carbocycles. The first-order valence-electron chi connectivity index (χ1n) is 14.2. The van der Waals surface area contributed by atoms with Crippen LogP contribution in [0.15, 0.2) is 12.2 Å². The van der Waals surface area contributed by atoms with E-state index < -0.39 is 22.1 Å². The molecule has 0 N–H and O–H groups in total. The Labute approximate surface area is 224 Å². The zero-order chi connectivity index (χ0) is 27.5. The van der Waals surface area contributed by atoms with Gasteiger partial charge in [0.1, 0.15) is 22.1 Å². The summed E-state index contributed by atoms with van der Waals surface area (Å²) in [5, 5.41) is 0. The van der Waals surface area contributed by atoms with Crippen LogP contribution >= 0.6 is 0 Å². The van der Waals surface area contributed by atoms with E-state index in [0.29, 0.717) is 17.8 Å². The van der Waals surface area contributed by atoms with Gasteiger partial charge in [0.15, 0.2) is 0 Å². The molecule has 0 aromatic rings. The third kappa shape index (κ3) is 6.24. The van der Waals surface area contributed by atoms with Crippen LogP contribution in [-0.4, -0.2) is 57.0 Å². The molecule has 206 valence electrons. The van der Waals surface area contributed by atoms with Gasteiger partial charge in [-0.05, 0) is 70.1 Å². The fraction of sp³-hybridized carbons (Fsp3) is 0.893. The van der Waals surface area contributed by atoms with Gasteiger partial charge in [-0.15, -0.1) is 0 Å². The van der Waals surface area contributed by atoms with E-state index >= 15 is 0 Å². The Hall–Kier alpha value is -0.411. The van der Waals surface area contributed by atoms with Crippen molar-refractivity contribution < 1.29 is 18.8 Å². The van der Waals surface area contributed by atoms with Crippen LogP contribution in [0.2, 0.25) is 39.3 Å². The summed E-state index contributed by atoms with van der Waals surface area (Å²) in [5.74, 6) is 1.50. The van der Waals surface area contributed by atoms with E-state index in [1.54, 1.807) is 0 Å². The summed E-state index contributed by atoms with van der Waals surface area (Å²) in [6.07, 6.45) is 8.32. The van der Waals surface area contributed by atoms with Crippen LogP contribution in [0.4, 0.5) is 0 Å². The first-order chi connectivity index (χ1) is 16.2. The highest BCUT2D eigenvalue weighted by Gasteiger charge is 2.69. The van der Waals surface area contributed by atoms with Crippen molar-refractivity contribution in [3.05, 3.63) is 12.2 Å². The van der Waals surface area contributed by atoms with Gasteiger partial charge in [-0.1, -0.05) is 72.2 Å². The number of nitrogens with zero attached hydrogens (tertiary/aromatic N) is 1. The lowest BCUT2D eigenvalue weighted by Gasteiger charge is -2.64. The molecule has 1 unspecified atom stereocenters. The third-order valence-corrected chi connectivity index (χ3v) is 16.4. The molecule has 1 heterocycles. The van der Waals surface area contributed by atoms with Crippen molar-refractivity contribution in [3.8, 4) is 0 Å². The molecule has 4 fully saturated rings. The number of rotatable bonds is 9. The molecule has 0 spiro atoms. The highest BCUT2D eigenvalue weighted by atomic mass is 28.4. The molecule has 0 radical (unpaired) electrons. The molecule has 5 nitrogen and oxygen atoms in total. The van der Waals surface area contributed by atoms with Gasteiger partial charge in [0.25, 0.3) is 0 Å². The summed E-state index contributed by atoms with van der Waals surface area (Å²) in [7, 11) is -3.54. The van der Waals surface area contributed by atoms with Crippen LogP contribution in [-0.2, 0) is 18.8 Å². The van der Waals surface area contributed by atoms with Crippen molar-refractivity contribution in [1.82, 2.24) is 4.23 Å². The normalized spacial score (nSPS) is 31.8. The van der Waals surface area contributed by atoms with E-state index in [0.717, 1.165) is 18.8 Å². The summed E-state index contributed by atoms with van der Waals surface area (Å²) < 4.78 is 22.2. The van der Waals surface area contributed by atoms with Crippen LogP contribution < -0.4 is 0 Å². The number of ether oxygens (including phenoxy) is 1. The van der Waals surface area contributed by atoms with Crippen molar-refractivity contribution in [1.29, 1.82) is 0 Å². The molecule has 0 amide bonds. The van der Waals surface area contributed by atoms with Crippen LogP contribution in [0.3, 0.4) is 0 Å². The summed E-state index contributed by atoms with van der Waals surface area (Å²) in [5.41, 5.74) is -0.299. The molecule has 6 atom stereocenters. The quantitative estimate of drug-likeness (QED) is 0.182. The third-order valence-electron chi connectivity index (χ3n) is 8.81. The van der Waals surface area contributed by atoms with E-state index in [2.05, 4.69) is 83.4 Å². The van der Waals surface area contributed by atoms with Gasteiger partial charge in [-0.25, -0.2) is 0 Å². The van der Waals surface area contributed by atoms with E-state index in [1.165, 1.54) is 6.42 Å². The molecule has 8 heteroatoms. The number of allylic oxidation sites excluding steroid dienone is 1. The lowest BCUT2D eigenvalue weighted by molar-refractivity contribution is -0.199. The van der Waals surface area contributed by atoms with Crippen LogP contribution in [0.5, 0.6) is 0 Å². The molecule has 1 aliphatic heterocycles. The second-order valence-corrected chi connectivity index (χ2v) is 25.6. The Morgan fingerprint density at radius 3 is 2.19 bits per heavy atom. The van der Waals surface area contributed by atoms with Gasteiger partial charge < -0.3 is 18.3 Å². The zero-order valence-electron chi connectivity index (χ0n) is 25.5. The molecular formula is C28H54BNO4Si2. The van der Waals surface area contributed by atoms with Crippen molar-refractivity contribution in [3.63, 3.8) is 0 Å². The molecule has 0 aromatic carbocycles. The minimum atomic E-state index is -1.66. The highest BCUT2D eigenvalue weighted by molar-refractivity contribution is 6.90. The van der Waals surface area contributed by atoms with Crippen molar-refractivity contribution >= 4 is 29.6 Å². The lowest BCUT2D eigenvalue weighted by Crippen LogP contribution is -2.67.